The Labute approximate surface area is 138 Å². The third kappa shape index (κ3) is 5.95. The first kappa shape index (κ1) is 17.3. The summed E-state index contributed by atoms with van der Waals surface area (Å²) in [6.07, 6.45) is 3.40. The molecular formula is C17H26ClN3O. The number of nitrogens with zero attached hydrogens (tertiary/aromatic N) is 2. The van der Waals surface area contributed by atoms with Gasteiger partial charge in [0.2, 0.25) is 0 Å². The van der Waals surface area contributed by atoms with Gasteiger partial charge in [-0.25, -0.2) is 0 Å². The molecule has 1 saturated heterocycles. The fourth-order valence-corrected chi connectivity index (χ4v) is 2.74. The molecule has 5 heteroatoms. The van der Waals surface area contributed by atoms with Crippen molar-refractivity contribution in [2.24, 2.45) is 0 Å². The lowest BCUT2D eigenvalue weighted by Crippen LogP contribution is -2.44. The van der Waals surface area contributed by atoms with Gasteiger partial charge in [-0.05, 0) is 50.7 Å². The van der Waals surface area contributed by atoms with Crippen LogP contribution in [0.15, 0.2) is 24.3 Å². The maximum absolute atomic E-state index is 11.9. The maximum Gasteiger partial charge on any atom is 0.251 e. The van der Waals surface area contributed by atoms with Crippen molar-refractivity contribution in [1.29, 1.82) is 0 Å². The predicted octanol–water partition coefficient (Wildman–Crippen LogP) is 2.49. The average molecular weight is 324 g/mol. The number of unbranched alkanes of at least 4 members (excludes halogenated alkanes) is 2. The van der Waals surface area contributed by atoms with E-state index in [1.165, 1.54) is 39.1 Å². The summed E-state index contributed by atoms with van der Waals surface area (Å²) in [6, 6.07) is 7.00. The average Bonchev–Trinajstić information content (AvgIpc) is 2.53. The summed E-state index contributed by atoms with van der Waals surface area (Å²) in [7, 11) is 2.18. The minimum atomic E-state index is -0.0178. The van der Waals surface area contributed by atoms with Gasteiger partial charge in [0.05, 0.1) is 0 Å². The molecule has 122 valence electrons. The van der Waals surface area contributed by atoms with Gasteiger partial charge in [-0.3, -0.25) is 4.79 Å². The maximum atomic E-state index is 11.9. The van der Waals surface area contributed by atoms with Crippen LogP contribution in [-0.4, -0.2) is 62.0 Å². The number of nitrogens with one attached hydrogen (secondary N) is 1. The molecule has 4 nitrogen and oxygen atoms in total. The quantitative estimate of drug-likeness (QED) is 0.783. The van der Waals surface area contributed by atoms with E-state index in [2.05, 4.69) is 22.2 Å². The van der Waals surface area contributed by atoms with E-state index in [4.69, 9.17) is 11.6 Å². The summed E-state index contributed by atoms with van der Waals surface area (Å²) in [5, 5.41) is 3.61. The van der Waals surface area contributed by atoms with E-state index in [1.54, 1.807) is 24.3 Å². The molecule has 1 aromatic carbocycles. The van der Waals surface area contributed by atoms with Crippen LogP contribution < -0.4 is 5.32 Å². The highest BCUT2D eigenvalue weighted by atomic mass is 35.5. The number of likely N-dealkylation sites (N-methyl/N-ethyl adjacent to an activating group) is 1. The second kappa shape index (κ2) is 9.13. The number of benzene rings is 1. The molecule has 0 spiro atoms. The molecule has 22 heavy (non-hydrogen) atoms. The molecule has 0 aromatic heterocycles. The Balaban J connectivity index is 1.52. The molecule has 0 atom stereocenters. The number of piperazine rings is 1. The highest BCUT2D eigenvalue weighted by Gasteiger charge is 2.12. The monoisotopic (exact) mass is 323 g/mol. The highest BCUT2D eigenvalue weighted by Crippen LogP contribution is 2.09. The number of amides is 1. The Morgan fingerprint density at radius 2 is 1.77 bits per heavy atom. The number of carbonyl (C=O) groups excluding carboxylic acids is 1. The first-order chi connectivity index (χ1) is 10.6. The van der Waals surface area contributed by atoms with Gasteiger partial charge in [0, 0.05) is 43.3 Å². The van der Waals surface area contributed by atoms with E-state index in [-0.39, 0.29) is 5.91 Å². The van der Waals surface area contributed by atoms with Crippen LogP contribution in [0.1, 0.15) is 29.6 Å². The summed E-state index contributed by atoms with van der Waals surface area (Å²) in [6.45, 7) is 6.64. The lowest BCUT2D eigenvalue weighted by Gasteiger charge is -2.32. The third-order valence-electron chi connectivity index (χ3n) is 4.14. The van der Waals surface area contributed by atoms with Gasteiger partial charge in [0.1, 0.15) is 0 Å². The van der Waals surface area contributed by atoms with E-state index >= 15 is 0 Å². The van der Waals surface area contributed by atoms with Gasteiger partial charge in [-0.1, -0.05) is 18.0 Å². The highest BCUT2D eigenvalue weighted by molar-refractivity contribution is 6.30. The summed E-state index contributed by atoms with van der Waals surface area (Å²) in [4.78, 5) is 16.8. The SMILES string of the molecule is CN1CCN(CCCCCNC(=O)c2ccc(Cl)cc2)CC1. The molecule has 0 saturated carbocycles. The van der Waals surface area contributed by atoms with Crippen molar-refractivity contribution in [1.82, 2.24) is 15.1 Å². The van der Waals surface area contributed by atoms with Crippen molar-refractivity contribution in [2.75, 3.05) is 46.3 Å². The van der Waals surface area contributed by atoms with E-state index in [0.717, 1.165) is 19.4 Å². The summed E-state index contributed by atoms with van der Waals surface area (Å²) >= 11 is 5.81. The lowest BCUT2D eigenvalue weighted by atomic mass is 10.2. The zero-order chi connectivity index (χ0) is 15.8. The van der Waals surface area contributed by atoms with Gasteiger partial charge in [-0.15, -0.1) is 0 Å². The van der Waals surface area contributed by atoms with E-state index in [0.29, 0.717) is 10.6 Å². The lowest BCUT2D eigenvalue weighted by molar-refractivity contribution is 0.0952. The fourth-order valence-electron chi connectivity index (χ4n) is 2.61. The second-order valence-corrected chi connectivity index (χ2v) is 6.40. The van der Waals surface area contributed by atoms with E-state index in [1.807, 2.05) is 0 Å². The molecule has 1 fully saturated rings. The third-order valence-corrected chi connectivity index (χ3v) is 4.39. The van der Waals surface area contributed by atoms with Crippen LogP contribution in [0.3, 0.4) is 0 Å². The Morgan fingerprint density at radius 3 is 2.45 bits per heavy atom. The Bertz CT molecular complexity index is 455. The molecule has 1 aliphatic heterocycles. The van der Waals surface area contributed by atoms with Gasteiger partial charge < -0.3 is 15.1 Å². The largest absolute Gasteiger partial charge is 0.352 e. The van der Waals surface area contributed by atoms with Crippen molar-refractivity contribution >= 4 is 17.5 Å². The topological polar surface area (TPSA) is 35.6 Å². The van der Waals surface area contributed by atoms with Crippen LogP contribution in [0.5, 0.6) is 0 Å². The summed E-state index contributed by atoms with van der Waals surface area (Å²) < 4.78 is 0. The molecule has 0 bridgehead atoms. The minimum absolute atomic E-state index is 0.0178. The van der Waals surface area contributed by atoms with Gasteiger partial charge in [0.15, 0.2) is 0 Å². The van der Waals surface area contributed by atoms with Gasteiger partial charge in [0.25, 0.3) is 5.91 Å². The number of carbonyl (C=O) groups is 1. The standard InChI is InChI=1S/C17H26ClN3O/c1-20-11-13-21(14-12-20)10-4-2-3-9-19-17(22)15-5-7-16(18)8-6-15/h5-8H,2-4,9-14H2,1H3,(H,19,22). The molecule has 1 heterocycles. The van der Waals surface area contributed by atoms with E-state index < -0.39 is 0 Å². The van der Waals surface area contributed by atoms with Crippen LogP contribution in [0.2, 0.25) is 5.02 Å². The molecule has 0 radical (unpaired) electrons. The van der Waals surface area contributed by atoms with Crippen LogP contribution >= 0.6 is 11.6 Å². The molecule has 1 amide bonds. The van der Waals surface area contributed by atoms with E-state index in [9.17, 15) is 4.79 Å². The van der Waals surface area contributed by atoms with Crippen LogP contribution in [0.4, 0.5) is 0 Å². The fraction of sp³-hybridized carbons (Fsp3) is 0.588. The number of hydrogen-bond donors (Lipinski definition) is 1. The first-order valence-corrected chi connectivity index (χ1v) is 8.47. The van der Waals surface area contributed by atoms with Crippen molar-refractivity contribution in [2.45, 2.75) is 19.3 Å². The number of halogens is 1. The number of hydrogen-bond acceptors (Lipinski definition) is 3. The minimum Gasteiger partial charge on any atom is -0.352 e. The molecule has 1 aliphatic rings. The van der Waals surface area contributed by atoms with Crippen LogP contribution in [0, 0.1) is 0 Å². The Morgan fingerprint density at radius 1 is 1.09 bits per heavy atom. The normalized spacial score (nSPS) is 16.6. The Kier molecular flexibility index (Phi) is 7.16. The second-order valence-electron chi connectivity index (χ2n) is 5.97. The predicted molar refractivity (Wildman–Crippen MR) is 91.6 cm³/mol. The first-order valence-electron chi connectivity index (χ1n) is 8.10. The molecular weight excluding hydrogens is 298 g/mol. The molecule has 0 aliphatic carbocycles. The summed E-state index contributed by atoms with van der Waals surface area (Å²) in [5.74, 6) is -0.0178. The van der Waals surface area contributed by atoms with Gasteiger partial charge >= 0.3 is 0 Å². The van der Waals surface area contributed by atoms with Crippen molar-refractivity contribution < 1.29 is 4.79 Å². The van der Waals surface area contributed by atoms with Crippen LogP contribution in [-0.2, 0) is 0 Å². The van der Waals surface area contributed by atoms with Gasteiger partial charge in [-0.2, -0.15) is 0 Å². The van der Waals surface area contributed by atoms with Crippen LogP contribution in [0.25, 0.3) is 0 Å². The molecule has 0 unspecified atom stereocenters. The zero-order valence-electron chi connectivity index (χ0n) is 13.4. The Hall–Kier alpha value is -1.10. The number of rotatable bonds is 7. The molecule has 1 aromatic rings. The van der Waals surface area contributed by atoms with Crippen molar-refractivity contribution in [3.8, 4) is 0 Å². The smallest absolute Gasteiger partial charge is 0.251 e. The molecule has 2 rings (SSSR count). The van der Waals surface area contributed by atoms with Crippen molar-refractivity contribution in [3.63, 3.8) is 0 Å². The zero-order valence-corrected chi connectivity index (χ0v) is 14.1. The van der Waals surface area contributed by atoms with Crippen molar-refractivity contribution in [3.05, 3.63) is 34.9 Å². The summed E-state index contributed by atoms with van der Waals surface area (Å²) in [5.41, 5.74) is 0.668. The molecule has 1 N–H and O–H groups in total.